The number of nitrogens with zero attached hydrogens (tertiary/aromatic N) is 3. The average molecular weight is 300 g/mol. The number of hydrogen-bond acceptors (Lipinski definition) is 2. The van der Waals surface area contributed by atoms with Crippen LogP contribution in [0.25, 0.3) is 11.2 Å². The average Bonchev–Trinajstić information content (AvgIpc) is 2.62. The van der Waals surface area contributed by atoms with E-state index in [9.17, 15) is 0 Å². The maximum Gasteiger partial charge on any atom is 0.160 e. The van der Waals surface area contributed by atoms with Crippen LogP contribution in [0.1, 0.15) is 33.0 Å². The molecule has 0 saturated carbocycles. The minimum absolute atomic E-state index is 0.279. The molecule has 5 heteroatoms. The van der Waals surface area contributed by atoms with Crippen LogP contribution in [0.15, 0.2) is 12.3 Å². The minimum Gasteiger partial charge on any atom is -0.313 e. The highest BCUT2D eigenvalue weighted by atomic mass is 35.5. The molecule has 0 bridgehead atoms. The molecule has 2 heterocycles. The fourth-order valence-electron chi connectivity index (χ4n) is 1.99. The molecular formula is C14H19Cl2N3. The molecule has 104 valence electrons. The molecule has 0 spiro atoms. The standard InChI is InChI=1S/C14H19Cl2N3/c1-14(2,3)5-7-19-12(4-6-15)18-11-8-10(16)9-17-13(11)19/h8-9H,4-7H2,1-3H3. The minimum atomic E-state index is 0.279. The number of hydrogen-bond donors (Lipinski definition) is 0. The molecule has 3 nitrogen and oxygen atoms in total. The first-order valence-electron chi connectivity index (χ1n) is 6.47. The summed E-state index contributed by atoms with van der Waals surface area (Å²) in [4.78, 5) is 9.01. The van der Waals surface area contributed by atoms with Gasteiger partial charge in [-0.15, -0.1) is 11.6 Å². The lowest BCUT2D eigenvalue weighted by Crippen LogP contribution is -2.13. The van der Waals surface area contributed by atoms with Crippen molar-refractivity contribution in [2.24, 2.45) is 5.41 Å². The summed E-state index contributed by atoms with van der Waals surface area (Å²) in [7, 11) is 0. The topological polar surface area (TPSA) is 30.7 Å². The maximum atomic E-state index is 5.97. The molecule has 0 aliphatic carbocycles. The lowest BCUT2D eigenvalue weighted by atomic mass is 9.92. The number of aromatic nitrogens is 3. The Balaban J connectivity index is 2.40. The monoisotopic (exact) mass is 299 g/mol. The van der Waals surface area contributed by atoms with Gasteiger partial charge in [-0.2, -0.15) is 0 Å². The highest BCUT2D eigenvalue weighted by Gasteiger charge is 2.15. The molecule has 19 heavy (non-hydrogen) atoms. The van der Waals surface area contributed by atoms with Crippen molar-refractivity contribution in [3.8, 4) is 0 Å². The molecule has 0 N–H and O–H groups in total. The number of pyridine rings is 1. The Hall–Kier alpha value is -0.800. The van der Waals surface area contributed by atoms with Gasteiger partial charge in [-0.3, -0.25) is 0 Å². The van der Waals surface area contributed by atoms with E-state index in [0.29, 0.717) is 10.9 Å². The Bertz CT molecular complexity index is 570. The van der Waals surface area contributed by atoms with E-state index < -0.39 is 0 Å². The first-order valence-corrected chi connectivity index (χ1v) is 7.38. The van der Waals surface area contributed by atoms with E-state index in [-0.39, 0.29) is 5.41 Å². The zero-order valence-corrected chi connectivity index (χ0v) is 13.1. The van der Waals surface area contributed by atoms with Crippen molar-refractivity contribution in [2.45, 2.75) is 40.2 Å². The first-order chi connectivity index (χ1) is 8.90. The number of aryl methyl sites for hydroxylation is 2. The van der Waals surface area contributed by atoms with Crippen molar-refractivity contribution >= 4 is 34.4 Å². The second kappa shape index (κ2) is 5.68. The van der Waals surface area contributed by atoms with Crippen molar-refractivity contribution in [3.05, 3.63) is 23.1 Å². The fraction of sp³-hybridized carbons (Fsp3) is 0.571. The van der Waals surface area contributed by atoms with Gasteiger partial charge in [0.15, 0.2) is 5.65 Å². The van der Waals surface area contributed by atoms with Gasteiger partial charge < -0.3 is 4.57 Å². The lowest BCUT2D eigenvalue weighted by molar-refractivity contribution is 0.350. The molecule has 2 rings (SSSR count). The SMILES string of the molecule is CC(C)(C)CCn1c(CCCl)nc2cc(Cl)cnc21. The first kappa shape index (κ1) is 14.6. The van der Waals surface area contributed by atoms with Crippen LogP contribution in [0, 0.1) is 5.41 Å². The van der Waals surface area contributed by atoms with Crippen molar-refractivity contribution < 1.29 is 0 Å². The summed E-state index contributed by atoms with van der Waals surface area (Å²) in [6.07, 6.45) is 3.49. The summed E-state index contributed by atoms with van der Waals surface area (Å²) in [5.74, 6) is 1.55. The molecule has 0 aliphatic heterocycles. The van der Waals surface area contributed by atoms with Gasteiger partial charge in [-0.25, -0.2) is 9.97 Å². The van der Waals surface area contributed by atoms with Crippen molar-refractivity contribution in [1.82, 2.24) is 14.5 Å². The number of halogens is 2. The largest absolute Gasteiger partial charge is 0.313 e. The van der Waals surface area contributed by atoms with E-state index in [1.165, 1.54) is 0 Å². The molecule has 2 aromatic rings. The summed E-state index contributed by atoms with van der Waals surface area (Å²) in [6, 6.07) is 1.86. The molecule has 0 amide bonds. The van der Waals surface area contributed by atoms with Crippen LogP contribution >= 0.6 is 23.2 Å². The van der Waals surface area contributed by atoms with Crippen LogP contribution in [0.4, 0.5) is 0 Å². The number of imidazole rings is 1. The zero-order chi connectivity index (χ0) is 14.0. The maximum absolute atomic E-state index is 5.97. The van der Waals surface area contributed by atoms with Crippen molar-refractivity contribution in [2.75, 3.05) is 5.88 Å². The van der Waals surface area contributed by atoms with Gasteiger partial charge in [0.05, 0.1) is 5.02 Å². The second-order valence-corrected chi connectivity index (χ2v) is 6.74. The van der Waals surface area contributed by atoms with E-state index in [4.69, 9.17) is 23.2 Å². The molecule has 0 aromatic carbocycles. The molecule has 2 aromatic heterocycles. The summed E-state index contributed by atoms with van der Waals surface area (Å²) < 4.78 is 2.17. The third kappa shape index (κ3) is 3.61. The Labute approximate surface area is 123 Å². The van der Waals surface area contributed by atoms with Crippen LogP contribution in [-0.2, 0) is 13.0 Å². The second-order valence-electron chi connectivity index (χ2n) is 5.93. The number of rotatable bonds is 4. The van der Waals surface area contributed by atoms with Crippen LogP contribution in [0.3, 0.4) is 0 Å². The smallest absolute Gasteiger partial charge is 0.160 e. The van der Waals surface area contributed by atoms with Gasteiger partial charge in [0.1, 0.15) is 11.3 Å². The number of alkyl halides is 1. The van der Waals surface area contributed by atoms with E-state index in [0.717, 1.165) is 36.4 Å². The van der Waals surface area contributed by atoms with Crippen LogP contribution in [-0.4, -0.2) is 20.4 Å². The predicted octanol–water partition coefficient (Wildman–Crippen LogP) is 4.30. The Kier molecular flexibility index (Phi) is 4.36. The fourth-order valence-corrected chi connectivity index (χ4v) is 2.31. The molecule has 0 saturated heterocycles. The third-order valence-corrected chi connectivity index (χ3v) is 3.43. The summed E-state index contributed by atoms with van der Waals surface area (Å²) >= 11 is 11.8. The van der Waals surface area contributed by atoms with Crippen LogP contribution in [0.2, 0.25) is 5.02 Å². The van der Waals surface area contributed by atoms with Crippen LogP contribution < -0.4 is 0 Å². The van der Waals surface area contributed by atoms with Gasteiger partial charge in [0.2, 0.25) is 0 Å². The highest BCUT2D eigenvalue weighted by molar-refractivity contribution is 6.31. The Morgan fingerprint density at radius 3 is 2.68 bits per heavy atom. The van der Waals surface area contributed by atoms with E-state index in [1.807, 2.05) is 6.07 Å². The summed E-state index contributed by atoms with van der Waals surface area (Å²) in [6.45, 7) is 7.60. The van der Waals surface area contributed by atoms with E-state index in [1.54, 1.807) is 6.20 Å². The predicted molar refractivity (Wildman–Crippen MR) is 81.0 cm³/mol. The molecule has 0 fully saturated rings. The zero-order valence-electron chi connectivity index (χ0n) is 11.6. The van der Waals surface area contributed by atoms with Gasteiger partial charge >= 0.3 is 0 Å². The van der Waals surface area contributed by atoms with Gasteiger partial charge in [-0.1, -0.05) is 32.4 Å². The van der Waals surface area contributed by atoms with Gasteiger partial charge in [0.25, 0.3) is 0 Å². The Morgan fingerprint density at radius 2 is 2.05 bits per heavy atom. The van der Waals surface area contributed by atoms with Crippen molar-refractivity contribution in [1.29, 1.82) is 0 Å². The lowest BCUT2D eigenvalue weighted by Gasteiger charge is -2.19. The normalized spacial score (nSPS) is 12.3. The summed E-state index contributed by atoms with van der Waals surface area (Å²) in [5, 5.41) is 0.616. The quantitative estimate of drug-likeness (QED) is 0.788. The molecule has 0 radical (unpaired) electrons. The molecular weight excluding hydrogens is 281 g/mol. The highest BCUT2D eigenvalue weighted by Crippen LogP contribution is 2.23. The van der Waals surface area contributed by atoms with Gasteiger partial charge in [0, 0.05) is 25.0 Å². The number of fused-ring (bicyclic) bond motifs is 1. The summed E-state index contributed by atoms with van der Waals surface area (Å²) in [5.41, 5.74) is 2.02. The molecule has 0 unspecified atom stereocenters. The molecule has 0 aliphatic rings. The third-order valence-electron chi connectivity index (χ3n) is 3.03. The molecule has 0 atom stereocenters. The van der Waals surface area contributed by atoms with Gasteiger partial charge in [-0.05, 0) is 17.9 Å². The van der Waals surface area contributed by atoms with E-state index >= 15 is 0 Å². The van der Waals surface area contributed by atoms with E-state index in [2.05, 4.69) is 35.3 Å². The Morgan fingerprint density at radius 1 is 1.32 bits per heavy atom. The van der Waals surface area contributed by atoms with Crippen molar-refractivity contribution in [3.63, 3.8) is 0 Å². The van der Waals surface area contributed by atoms with Crippen LogP contribution in [0.5, 0.6) is 0 Å².